The fourth-order valence-corrected chi connectivity index (χ4v) is 3.23. The van der Waals surface area contributed by atoms with Gasteiger partial charge in [-0.3, -0.25) is 9.59 Å². The molecule has 0 heterocycles. The first-order valence-corrected chi connectivity index (χ1v) is 8.26. The second kappa shape index (κ2) is 8.04. The molecule has 0 aliphatic heterocycles. The minimum atomic E-state index is -0.502. The Labute approximate surface area is 142 Å². The van der Waals surface area contributed by atoms with E-state index in [-0.39, 0.29) is 17.7 Å². The van der Waals surface area contributed by atoms with Crippen molar-refractivity contribution < 1.29 is 19.1 Å². The number of aryl methyl sites for hydroxylation is 1. The number of nitrogens with one attached hydrogen (secondary N) is 2. The zero-order valence-corrected chi connectivity index (χ0v) is 14.8. The van der Waals surface area contributed by atoms with E-state index in [2.05, 4.69) is 10.6 Å². The average Bonchev–Trinajstić information content (AvgIpc) is 3.07. The number of ether oxygens (including phenoxy) is 2. The lowest BCUT2D eigenvalue weighted by molar-refractivity contribution is -0.126. The largest absolute Gasteiger partial charge is 0.493 e. The first-order chi connectivity index (χ1) is 11.5. The van der Waals surface area contributed by atoms with Crippen LogP contribution in [0.3, 0.4) is 0 Å². The molecule has 1 aliphatic carbocycles. The lowest BCUT2D eigenvalue weighted by atomic mass is 9.97. The van der Waals surface area contributed by atoms with Crippen LogP contribution in [0.25, 0.3) is 0 Å². The summed E-state index contributed by atoms with van der Waals surface area (Å²) in [6, 6.07) is 3.06. The number of hydrogen-bond acceptors (Lipinski definition) is 4. The summed E-state index contributed by atoms with van der Waals surface area (Å²) in [5, 5.41) is 5.73. The second-order valence-corrected chi connectivity index (χ2v) is 6.23. The Bertz CT molecular complexity index is 609. The van der Waals surface area contributed by atoms with Gasteiger partial charge in [0.2, 0.25) is 11.8 Å². The van der Waals surface area contributed by atoms with Gasteiger partial charge in [0.05, 0.1) is 14.2 Å². The summed E-state index contributed by atoms with van der Waals surface area (Å²) in [5.41, 5.74) is 1.53. The van der Waals surface area contributed by atoms with E-state index in [0.29, 0.717) is 17.2 Å². The van der Waals surface area contributed by atoms with E-state index in [4.69, 9.17) is 9.47 Å². The Morgan fingerprint density at radius 2 is 1.71 bits per heavy atom. The maximum atomic E-state index is 12.7. The summed E-state index contributed by atoms with van der Waals surface area (Å²) in [7, 11) is 3.12. The Hall–Kier alpha value is -2.24. The van der Waals surface area contributed by atoms with Crippen molar-refractivity contribution in [3.05, 3.63) is 17.7 Å². The molecular weight excluding hydrogens is 308 g/mol. The minimum Gasteiger partial charge on any atom is -0.493 e. The van der Waals surface area contributed by atoms with Crippen LogP contribution >= 0.6 is 0 Å². The van der Waals surface area contributed by atoms with Gasteiger partial charge in [0.15, 0.2) is 11.5 Å². The summed E-state index contributed by atoms with van der Waals surface area (Å²) in [6.07, 6.45) is 4.12. The Kier molecular flexibility index (Phi) is 6.06. The van der Waals surface area contributed by atoms with Crippen molar-refractivity contribution in [2.75, 3.05) is 19.5 Å². The normalized spacial score (nSPS) is 15.7. The molecule has 1 saturated carbocycles. The number of rotatable bonds is 6. The van der Waals surface area contributed by atoms with Crippen LogP contribution in [0.15, 0.2) is 12.1 Å². The molecule has 6 nitrogen and oxygen atoms in total. The van der Waals surface area contributed by atoms with E-state index >= 15 is 0 Å². The number of amides is 2. The van der Waals surface area contributed by atoms with Crippen molar-refractivity contribution in [2.45, 2.75) is 45.6 Å². The molecule has 1 unspecified atom stereocenters. The topological polar surface area (TPSA) is 76.7 Å². The van der Waals surface area contributed by atoms with Gasteiger partial charge >= 0.3 is 0 Å². The molecule has 6 heteroatoms. The first kappa shape index (κ1) is 18.1. The van der Waals surface area contributed by atoms with E-state index < -0.39 is 6.04 Å². The van der Waals surface area contributed by atoms with Crippen molar-refractivity contribution in [3.8, 4) is 11.5 Å². The molecule has 0 saturated heterocycles. The van der Waals surface area contributed by atoms with E-state index in [1.54, 1.807) is 20.3 Å². The van der Waals surface area contributed by atoms with E-state index in [1.165, 1.54) is 6.92 Å². The summed E-state index contributed by atoms with van der Waals surface area (Å²) in [4.78, 5) is 24.2. The Morgan fingerprint density at radius 3 is 2.25 bits per heavy atom. The van der Waals surface area contributed by atoms with Crippen LogP contribution in [-0.4, -0.2) is 32.1 Å². The van der Waals surface area contributed by atoms with Crippen LogP contribution in [0, 0.1) is 12.8 Å². The van der Waals surface area contributed by atoms with Gasteiger partial charge in [-0.15, -0.1) is 0 Å². The van der Waals surface area contributed by atoms with E-state index in [1.807, 2.05) is 13.0 Å². The molecule has 24 heavy (non-hydrogen) atoms. The number of methoxy groups -OCH3 is 2. The fraction of sp³-hybridized carbons (Fsp3) is 0.556. The Balaban J connectivity index is 2.20. The van der Waals surface area contributed by atoms with Crippen molar-refractivity contribution in [2.24, 2.45) is 5.92 Å². The van der Waals surface area contributed by atoms with Crippen molar-refractivity contribution >= 4 is 17.5 Å². The highest BCUT2D eigenvalue weighted by atomic mass is 16.5. The summed E-state index contributed by atoms with van der Waals surface area (Å²) in [5.74, 6) is 0.977. The summed E-state index contributed by atoms with van der Waals surface area (Å²) in [6.45, 7) is 3.33. The molecule has 0 radical (unpaired) electrons. The van der Waals surface area contributed by atoms with Crippen LogP contribution in [0.4, 0.5) is 5.69 Å². The van der Waals surface area contributed by atoms with Gasteiger partial charge in [-0.1, -0.05) is 12.8 Å². The third-order valence-electron chi connectivity index (χ3n) is 4.50. The van der Waals surface area contributed by atoms with Gasteiger partial charge in [0, 0.05) is 18.7 Å². The zero-order valence-electron chi connectivity index (χ0n) is 14.8. The number of benzene rings is 1. The van der Waals surface area contributed by atoms with Crippen LogP contribution in [0.5, 0.6) is 11.5 Å². The second-order valence-electron chi connectivity index (χ2n) is 6.23. The molecule has 1 aliphatic rings. The van der Waals surface area contributed by atoms with Crippen molar-refractivity contribution in [1.82, 2.24) is 5.32 Å². The molecule has 0 spiro atoms. The van der Waals surface area contributed by atoms with Gasteiger partial charge in [0.25, 0.3) is 0 Å². The third kappa shape index (κ3) is 4.19. The molecule has 2 N–H and O–H groups in total. The summed E-state index contributed by atoms with van der Waals surface area (Å²) < 4.78 is 10.6. The number of carbonyl (C=O) groups is 2. The number of anilines is 1. The molecule has 0 aromatic heterocycles. The first-order valence-electron chi connectivity index (χ1n) is 8.26. The highest BCUT2D eigenvalue weighted by Gasteiger charge is 2.31. The summed E-state index contributed by atoms with van der Waals surface area (Å²) >= 11 is 0. The van der Waals surface area contributed by atoms with Crippen molar-refractivity contribution in [3.63, 3.8) is 0 Å². The highest BCUT2D eigenvalue weighted by Crippen LogP contribution is 2.34. The molecule has 2 amide bonds. The predicted octanol–water partition coefficient (Wildman–Crippen LogP) is 2.65. The third-order valence-corrected chi connectivity index (χ3v) is 4.50. The van der Waals surface area contributed by atoms with Gasteiger partial charge < -0.3 is 20.1 Å². The molecule has 1 aromatic rings. The zero-order chi connectivity index (χ0) is 17.7. The average molecular weight is 334 g/mol. The van der Waals surface area contributed by atoms with Crippen LogP contribution < -0.4 is 20.1 Å². The molecule has 0 bridgehead atoms. The van der Waals surface area contributed by atoms with Crippen LogP contribution in [0.2, 0.25) is 0 Å². The van der Waals surface area contributed by atoms with Gasteiger partial charge in [-0.05, 0) is 37.3 Å². The smallest absolute Gasteiger partial charge is 0.247 e. The number of carbonyl (C=O) groups excluding carboxylic acids is 2. The standard InChI is InChI=1S/C18H26N2O4/c1-11-9-15(23-3)16(24-4)10-14(11)20-18(22)17(19-12(2)21)13-7-5-6-8-13/h9-10,13,17H,5-8H2,1-4H3,(H,19,21)(H,20,22). The monoisotopic (exact) mass is 334 g/mol. The molecular formula is C18H26N2O4. The molecule has 2 rings (SSSR count). The highest BCUT2D eigenvalue weighted by molar-refractivity contribution is 5.98. The fourth-order valence-electron chi connectivity index (χ4n) is 3.23. The van der Waals surface area contributed by atoms with Crippen molar-refractivity contribution in [1.29, 1.82) is 0 Å². The minimum absolute atomic E-state index is 0.188. The SMILES string of the molecule is COc1cc(C)c(NC(=O)C(NC(C)=O)C2CCCC2)cc1OC. The lowest BCUT2D eigenvalue weighted by Crippen LogP contribution is -2.47. The molecule has 1 atom stereocenters. The van der Waals surface area contributed by atoms with Gasteiger partial charge in [-0.2, -0.15) is 0 Å². The quantitative estimate of drug-likeness (QED) is 0.838. The van der Waals surface area contributed by atoms with E-state index in [0.717, 1.165) is 31.2 Å². The van der Waals surface area contributed by atoms with E-state index in [9.17, 15) is 9.59 Å². The Morgan fingerprint density at radius 1 is 1.12 bits per heavy atom. The van der Waals surface area contributed by atoms with Crippen LogP contribution in [0.1, 0.15) is 38.2 Å². The van der Waals surface area contributed by atoms with Gasteiger partial charge in [-0.25, -0.2) is 0 Å². The molecule has 1 aromatic carbocycles. The molecule has 132 valence electrons. The van der Waals surface area contributed by atoms with Crippen LogP contribution in [-0.2, 0) is 9.59 Å². The maximum absolute atomic E-state index is 12.7. The maximum Gasteiger partial charge on any atom is 0.247 e. The van der Waals surface area contributed by atoms with Gasteiger partial charge in [0.1, 0.15) is 6.04 Å². The number of hydrogen-bond donors (Lipinski definition) is 2. The molecule has 1 fully saturated rings. The predicted molar refractivity (Wildman–Crippen MR) is 92.5 cm³/mol. The lowest BCUT2D eigenvalue weighted by Gasteiger charge is -2.24.